The molecule has 0 aliphatic carbocycles. The second kappa shape index (κ2) is 7.83. The predicted octanol–water partition coefficient (Wildman–Crippen LogP) is 4.49. The maximum Gasteiger partial charge on any atom is 0.269 e. The summed E-state index contributed by atoms with van der Waals surface area (Å²) in [5.41, 5.74) is 11.4. The van der Waals surface area contributed by atoms with Gasteiger partial charge in [0.25, 0.3) is 5.91 Å². The third kappa shape index (κ3) is 4.12. The lowest BCUT2D eigenvalue weighted by atomic mass is 9.87. The van der Waals surface area contributed by atoms with Crippen LogP contribution in [0.4, 0.5) is 5.82 Å². The summed E-state index contributed by atoms with van der Waals surface area (Å²) in [6.07, 6.45) is 3.14. The van der Waals surface area contributed by atoms with E-state index in [1.807, 2.05) is 30.3 Å². The van der Waals surface area contributed by atoms with Gasteiger partial charge in [0.15, 0.2) is 11.5 Å². The van der Waals surface area contributed by atoms with E-state index in [0.717, 1.165) is 5.69 Å². The van der Waals surface area contributed by atoms with Crippen LogP contribution >= 0.6 is 0 Å². The molecule has 0 bridgehead atoms. The first kappa shape index (κ1) is 20.5. The Bertz CT molecular complexity index is 1250. The largest absolute Gasteiger partial charge is 0.281 e. The molecule has 0 fully saturated rings. The minimum atomic E-state index is -0.242. The van der Waals surface area contributed by atoms with Gasteiger partial charge in [-0.2, -0.15) is 5.10 Å². The summed E-state index contributed by atoms with van der Waals surface area (Å²) in [5.74, 6) is 0.244. The molecule has 2 aromatic carbocycles. The van der Waals surface area contributed by atoms with Gasteiger partial charge in [-0.25, -0.2) is 14.6 Å². The highest BCUT2D eigenvalue weighted by atomic mass is 16.2. The zero-order chi connectivity index (χ0) is 22.2. The van der Waals surface area contributed by atoms with Gasteiger partial charge in [-0.1, -0.05) is 39.0 Å². The van der Waals surface area contributed by atoms with E-state index < -0.39 is 0 Å². The van der Waals surface area contributed by atoms with Crippen LogP contribution in [0.3, 0.4) is 0 Å². The van der Waals surface area contributed by atoms with Crippen molar-refractivity contribution in [2.45, 2.75) is 40.0 Å². The Hall–Kier alpha value is -3.74. The Kier molecular flexibility index (Phi) is 5.19. The molecule has 7 nitrogen and oxygen atoms in total. The molecule has 0 atom stereocenters. The van der Waals surface area contributed by atoms with Crippen molar-refractivity contribution in [3.63, 3.8) is 0 Å². The van der Waals surface area contributed by atoms with E-state index in [-0.39, 0.29) is 11.3 Å². The monoisotopic (exact) mass is 414 g/mol. The van der Waals surface area contributed by atoms with Crippen molar-refractivity contribution >= 4 is 22.8 Å². The van der Waals surface area contributed by atoms with Crippen LogP contribution in [0.15, 0.2) is 55.0 Å². The summed E-state index contributed by atoms with van der Waals surface area (Å²) in [4.78, 5) is 21.2. The van der Waals surface area contributed by atoms with E-state index in [0.29, 0.717) is 22.4 Å². The summed E-state index contributed by atoms with van der Waals surface area (Å²) < 4.78 is 1.77. The molecule has 1 amide bonds. The number of carbonyl (C=O) groups excluding carboxylic acids is 1. The van der Waals surface area contributed by atoms with Crippen LogP contribution in [-0.4, -0.2) is 25.7 Å². The summed E-state index contributed by atoms with van der Waals surface area (Å²) in [6.45, 7) is 10.6. The first-order valence-electron chi connectivity index (χ1n) is 10.2. The highest BCUT2D eigenvalue weighted by Gasteiger charge is 2.15. The zero-order valence-corrected chi connectivity index (χ0v) is 18.4. The first-order chi connectivity index (χ1) is 14.7. The maximum absolute atomic E-state index is 12.6. The van der Waals surface area contributed by atoms with E-state index in [4.69, 9.17) is 0 Å². The first-order valence-corrected chi connectivity index (χ1v) is 10.2. The zero-order valence-electron chi connectivity index (χ0n) is 18.4. The molecule has 7 heteroatoms. The van der Waals surface area contributed by atoms with E-state index in [1.54, 1.807) is 10.9 Å². The fourth-order valence-corrected chi connectivity index (χ4v) is 3.30. The Morgan fingerprint density at radius 1 is 0.968 bits per heavy atom. The van der Waals surface area contributed by atoms with Gasteiger partial charge in [0.05, 0.1) is 17.3 Å². The molecule has 2 heterocycles. The molecule has 2 aromatic heterocycles. The summed E-state index contributed by atoms with van der Waals surface area (Å²) >= 11 is 0. The number of carbonyl (C=O) groups is 1. The third-order valence-corrected chi connectivity index (χ3v) is 5.41. The third-order valence-electron chi connectivity index (χ3n) is 5.41. The molecule has 0 spiro atoms. The van der Waals surface area contributed by atoms with Crippen molar-refractivity contribution in [3.8, 4) is 5.69 Å². The van der Waals surface area contributed by atoms with E-state index in [1.165, 1.54) is 23.0 Å². The number of nitrogens with zero attached hydrogens (tertiary/aromatic N) is 4. The van der Waals surface area contributed by atoms with Crippen molar-refractivity contribution in [3.05, 3.63) is 77.2 Å². The van der Waals surface area contributed by atoms with Gasteiger partial charge >= 0.3 is 0 Å². The number of amides is 1. The standard InChI is InChI=1S/C24H26N6O/c1-15-6-11-19(12-16(15)2)30-22-20(13-27-30)21(25-14-26-22)28-29-23(31)17-7-9-18(10-8-17)24(3,4)5/h6-14H,1-5H3,(H,29,31)(H,25,26,28). The average molecular weight is 415 g/mol. The summed E-state index contributed by atoms with van der Waals surface area (Å²) in [5, 5.41) is 5.19. The van der Waals surface area contributed by atoms with Gasteiger partial charge in [-0.15, -0.1) is 0 Å². The predicted molar refractivity (Wildman–Crippen MR) is 122 cm³/mol. The molecule has 158 valence electrons. The van der Waals surface area contributed by atoms with Gasteiger partial charge < -0.3 is 0 Å². The van der Waals surface area contributed by atoms with Crippen LogP contribution in [0.5, 0.6) is 0 Å². The summed E-state index contributed by atoms with van der Waals surface area (Å²) in [6, 6.07) is 13.7. The lowest BCUT2D eigenvalue weighted by molar-refractivity contribution is 0.0962. The lowest BCUT2D eigenvalue weighted by Gasteiger charge is -2.19. The van der Waals surface area contributed by atoms with Gasteiger partial charge in [0.2, 0.25) is 0 Å². The minimum absolute atomic E-state index is 0.0377. The average Bonchev–Trinajstić information content (AvgIpc) is 3.18. The molecular formula is C24H26N6O. The molecule has 0 aliphatic heterocycles. The number of hydrazine groups is 1. The van der Waals surface area contributed by atoms with Crippen LogP contribution < -0.4 is 10.9 Å². The normalized spacial score (nSPS) is 11.5. The molecule has 0 unspecified atom stereocenters. The SMILES string of the molecule is Cc1ccc(-n2ncc3c(NNC(=O)c4ccc(C(C)(C)C)cc4)ncnc32)cc1C. The van der Waals surface area contributed by atoms with Crippen LogP contribution in [0.1, 0.15) is 47.8 Å². The number of benzene rings is 2. The Labute approximate surface area is 181 Å². The molecule has 0 saturated carbocycles. The number of hydrogen-bond donors (Lipinski definition) is 2. The van der Waals surface area contributed by atoms with Crippen LogP contribution in [0.25, 0.3) is 16.7 Å². The van der Waals surface area contributed by atoms with Crippen molar-refractivity contribution in [1.29, 1.82) is 0 Å². The number of nitrogens with one attached hydrogen (secondary N) is 2. The molecule has 0 aliphatic rings. The number of fused-ring (bicyclic) bond motifs is 1. The number of hydrogen-bond acceptors (Lipinski definition) is 5. The Balaban J connectivity index is 1.55. The number of aryl methyl sites for hydroxylation is 2. The Morgan fingerprint density at radius 2 is 1.71 bits per heavy atom. The Morgan fingerprint density at radius 3 is 2.39 bits per heavy atom. The molecule has 0 radical (unpaired) electrons. The van der Waals surface area contributed by atoms with Crippen molar-refractivity contribution in [2.75, 3.05) is 5.43 Å². The van der Waals surface area contributed by atoms with Gasteiger partial charge in [0, 0.05) is 5.56 Å². The van der Waals surface area contributed by atoms with Crippen LogP contribution in [0.2, 0.25) is 0 Å². The van der Waals surface area contributed by atoms with Crippen LogP contribution in [0, 0.1) is 13.8 Å². The molecule has 4 aromatic rings. The van der Waals surface area contributed by atoms with E-state index >= 15 is 0 Å². The van der Waals surface area contributed by atoms with E-state index in [2.05, 4.69) is 72.7 Å². The fraction of sp³-hybridized carbons (Fsp3) is 0.250. The van der Waals surface area contributed by atoms with Crippen molar-refractivity contribution in [2.24, 2.45) is 0 Å². The maximum atomic E-state index is 12.6. The van der Waals surface area contributed by atoms with Crippen molar-refractivity contribution < 1.29 is 4.79 Å². The topological polar surface area (TPSA) is 84.7 Å². The van der Waals surface area contributed by atoms with Gasteiger partial charge in [0.1, 0.15) is 6.33 Å². The quantitative estimate of drug-likeness (QED) is 0.481. The van der Waals surface area contributed by atoms with Crippen molar-refractivity contribution in [1.82, 2.24) is 25.2 Å². The molecule has 31 heavy (non-hydrogen) atoms. The number of aromatic nitrogens is 4. The molecule has 2 N–H and O–H groups in total. The molecular weight excluding hydrogens is 388 g/mol. The van der Waals surface area contributed by atoms with Gasteiger partial charge in [-0.05, 0) is 60.2 Å². The minimum Gasteiger partial charge on any atom is -0.281 e. The second-order valence-corrected chi connectivity index (χ2v) is 8.69. The second-order valence-electron chi connectivity index (χ2n) is 8.69. The lowest BCUT2D eigenvalue weighted by Crippen LogP contribution is -2.30. The number of rotatable bonds is 4. The molecule has 4 rings (SSSR count). The molecule has 0 saturated heterocycles. The highest BCUT2D eigenvalue weighted by molar-refractivity contribution is 5.96. The van der Waals surface area contributed by atoms with Gasteiger partial charge in [-0.3, -0.25) is 15.6 Å². The summed E-state index contributed by atoms with van der Waals surface area (Å²) in [7, 11) is 0. The highest BCUT2D eigenvalue weighted by Crippen LogP contribution is 2.23. The number of anilines is 1. The fourth-order valence-electron chi connectivity index (χ4n) is 3.30. The van der Waals surface area contributed by atoms with E-state index in [9.17, 15) is 4.79 Å². The van der Waals surface area contributed by atoms with Crippen LogP contribution in [-0.2, 0) is 5.41 Å². The smallest absolute Gasteiger partial charge is 0.269 e.